The highest BCUT2D eigenvalue weighted by molar-refractivity contribution is 7.99. The third kappa shape index (κ3) is 4.30. The number of benzene rings is 1. The average molecular weight is 255 g/mol. The van der Waals surface area contributed by atoms with Gasteiger partial charge in [-0.05, 0) is 37.0 Å². The predicted molar refractivity (Wildman–Crippen MR) is 68.7 cm³/mol. The Bertz CT molecular complexity index is 368. The van der Waals surface area contributed by atoms with Crippen molar-refractivity contribution in [3.63, 3.8) is 0 Å². The average Bonchev–Trinajstić information content (AvgIpc) is 3.13. The third-order valence-electron chi connectivity index (χ3n) is 2.73. The van der Waals surface area contributed by atoms with Gasteiger partial charge in [-0.25, -0.2) is 4.39 Å². The molecule has 1 aromatic carbocycles. The number of thioether (sulfide) groups is 1. The molecule has 1 aliphatic carbocycles. The molecule has 0 saturated heterocycles. The lowest BCUT2D eigenvalue weighted by Gasteiger charge is -2.06. The Morgan fingerprint density at radius 2 is 2.24 bits per heavy atom. The first-order valence-corrected chi connectivity index (χ1v) is 7.03. The minimum Gasteiger partial charge on any atom is -0.396 e. The van der Waals surface area contributed by atoms with Crippen molar-refractivity contribution >= 4 is 11.8 Å². The van der Waals surface area contributed by atoms with Crippen molar-refractivity contribution in [2.45, 2.75) is 36.7 Å². The van der Waals surface area contributed by atoms with Crippen molar-refractivity contribution in [3.05, 3.63) is 29.6 Å². The quantitative estimate of drug-likeness (QED) is 0.580. The van der Waals surface area contributed by atoms with Gasteiger partial charge in [-0.2, -0.15) is 0 Å². The van der Waals surface area contributed by atoms with Gasteiger partial charge in [0.15, 0.2) is 0 Å². The summed E-state index contributed by atoms with van der Waals surface area (Å²) in [4.78, 5) is 0.675. The zero-order valence-electron chi connectivity index (χ0n) is 9.79. The summed E-state index contributed by atoms with van der Waals surface area (Å²) in [5.41, 5.74) is 1.00. The van der Waals surface area contributed by atoms with Gasteiger partial charge in [0.05, 0.1) is 0 Å². The molecule has 0 spiro atoms. The first kappa shape index (κ1) is 12.9. The van der Waals surface area contributed by atoms with Crippen LogP contribution in [0.15, 0.2) is 23.1 Å². The summed E-state index contributed by atoms with van der Waals surface area (Å²) in [7, 11) is 0. The highest BCUT2D eigenvalue weighted by Gasteiger charge is 2.20. The van der Waals surface area contributed by atoms with Gasteiger partial charge in [0.2, 0.25) is 0 Å². The van der Waals surface area contributed by atoms with Gasteiger partial charge in [-0.1, -0.05) is 6.07 Å². The fourth-order valence-electron chi connectivity index (χ4n) is 1.57. The molecule has 1 aromatic rings. The summed E-state index contributed by atoms with van der Waals surface area (Å²) in [6.07, 6.45) is 3.20. The lowest BCUT2D eigenvalue weighted by molar-refractivity contribution is 0.296. The van der Waals surface area contributed by atoms with Crippen LogP contribution in [0.2, 0.25) is 0 Å². The molecule has 1 fully saturated rings. The number of rotatable bonds is 7. The maximum absolute atomic E-state index is 13.7. The smallest absolute Gasteiger partial charge is 0.137 e. The lowest BCUT2D eigenvalue weighted by Crippen LogP contribution is -2.15. The van der Waals surface area contributed by atoms with E-state index in [1.54, 1.807) is 6.07 Å². The van der Waals surface area contributed by atoms with Gasteiger partial charge >= 0.3 is 0 Å². The highest BCUT2D eigenvalue weighted by Crippen LogP contribution is 2.24. The molecule has 1 saturated carbocycles. The normalized spacial score (nSPS) is 15.2. The number of hydrogen-bond acceptors (Lipinski definition) is 3. The van der Waals surface area contributed by atoms with Crippen LogP contribution in [0.4, 0.5) is 4.39 Å². The first-order valence-electron chi connectivity index (χ1n) is 6.05. The molecule has 0 aromatic heterocycles. The molecular formula is C13H18FNOS. The predicted octanol–water partition coefficient (Wildman–Crippen LogP) is 2.55. The zero-order chi connectivity index (χ0) is 12.1. The van der Waals surface area contributed by atoms with Gasteiger partial charge in [0.25, 0.3) is 0 Å². The number of halogens is 1. The van der Waals surface area contributed by atoms with E-state index in [1.165, 1.54) is 24.6 Å². The molecule has 17 heavy (non-hydrogen) atoms. The minimum atomic E-state index is -0.150. The van der Waals surface area contributed by atoms with Crippen molar-refractivity contribution in [2.24, 2.45) is 0 Å². The van der Waals surface area contributed by atoms with E-state index in [4.69, 9.17) is 5.11 Å². The van der Waals surface area contributed by atoms with Gasteiger partial charge < -0.3 is 10.4 Å². The maximum atomic E-state index is 13.7. The molecule has 94 valence electrons. The molecule has 0 amide bonds. The topological polar surface area (TPSA) is 32.3 Å². The molecule has 0 heterocycles. The minimum absolute atomic E-state index is 0.150. The van der Waals surface area contributed by atoms with E-state index in [0.29, 0.717) is 17.4 Å². The second kappa shape index (κ2) is 6.38. The largest absolute Gasteiger partial charge is 0.396 e. The van der Waals surface area contributed by atoms with Crippen molar-refractivity contribution < 1.29 is 9.50 Å². The Morgan fingerprint density at radius 3 is 2.88 bits per heavy atom. The van der Waals surface area contributed by atoms with Crippen LogP contribution in [0.25, 0.3) is 0 Å². The molecular weight excluding hydrogens is 237 g/mol. The van der Waals surface area contributed by atoms with Crippen LogP contribution in [0.5, 0.6) is 0 Å². The molecule has 2 nitrogen and oxygen atoms in total. The third-order valence-corrected chi connectivity index (χ3v) is 3.86. The summed E-state index contributed by atoms with van der Waals surface area (Å²) < 4.78 is 13.7. The Kier molecular flexibility index (Phi) is 4.83. The standard InChI is InChI=1S/C13H18FNOS/c14-12-8-10(9-15-11-3-4-11)2-5-13(12)17-7-1-6-16/h2,5,8,11,15-16H,1,3-4,6-7,9H2. The van der Waals surface area contributed by atoms with Crippen LogP contribution in [0.1, 0.15) is 24.8 Å². The Hall–Kier alpha value is -0.580. The zero-order valence-corrected chi connectivity index (χ0v) is 10.6. The summed E-state index contributed by atoms with van der Waals surface area (Å²) in [5.74, 6) is 0.607. The highest BCUT2D eigenvalue weighted by atomic mass is 32.2. The van der Waals surface area contributed by atoms with E-state index in [2.05, 4.69) is 5.32 Å². The molecule has 2 rings (SSSR count). The molecule has 4 heteroatoms. The van der Waals surface area contributed by atoms with Crippen molar-refractivity contribution in [1.82, 2.24) is 5.32 Å². The summed E-state index contributed by atoms with van der Waals surface area (Å²) in [6.45, 7) is 0.918. The van der Waals surface area contributed by atoms with Crippen molar-refractivity contribution in [3.8, 4) is 0 Å². The van der Waals surface area contributed by atoms with E-state index < -0.39 is 0 Å². The Morgan fingerprint density at radius 1 is 1.41 bits per heavy atom. The van der Waals surface area contributed by atoms with Crippen molar-refractivity contribution in [2.75, 3.05) is 12.4 Å². The van der Waals surface area contributed by atoms with Gasteiger partial charge in [0.1, 0.15) is 5.82 Å². The first-order chi connectivity index (χ1) is 8.29. The van der Waals surface area contributed by atoms with Gasteiger partial charge in [-0.3, -0.25) is 0 Å². The number of nitrogens with one attached hydrogen (secondary N) is 1. The summed E-state index contributed by atoms with van der Waals surface area (Å²) in [6, 6.07) is 6.06. The molecule has 2 N–H and O–H groups in total. The maximum Gasteiger partial charge on any atom is 0.137 e. The number of aliphatic hydroxyl groups excluding tert-OH is 1. The molecule has 0 aliphatic heterocycles. The Balaban J connectivity index is 1.85. The van der Waals surface area contributed by atoms with Crippen LogP contribution in [0, 0.1) is 5.82 Å². The van der Waals surface area contributed by atoms with E-state index in [0.717, 1.165) is 17.9 Å². The summed E-state index contributed by atoms with van der Waals surface area (Å²) >= 11 is 1.46. The van der Waals surface area contributed by atoms with Gasteiger partial charge in [-0.15, -0.1) is 11.8 Å². The summed E-state index contributed by atoms with van der Waals surface area (Å²) in [5, 5.41) is 12.0. The van der Waals surface area contributed by atoms with Gasteiger partial charge in [0, 0.05) is 29.8 Å². The molecule has 1 aliphatic rings. The van der Waals surface area contributed by atoms with Crippen LogP contribution in [-0.4, -0.2) is 23.5 Å². The van der Waals surface area contributed by atoms with E-state index in [-0.39, 0.29) is 12.4 Å². The van der Waals surface area contributed by atoms with Crippen LogP contribution in [0.3, 0.4) is 0 Å². The molecule has 0 atom stereocenters. The molecule has 0 bridgehead atoms. The number of hydrogen-bond donors (Lipinski definition) is 2. The van der Waals surface area contributed by atoms with Crippen LogP contribution >= 0.6 is 11.8 Å². The number of aliphatic hydroxyl groups is 1. The van der Waals surface area contributed by atoms with Crippen LogP contribution < -0.4 is 5.32 Å². The van der Waals surface area contributed by atoms with Crippen LogP contribution in [-0.2, 0) is 6.54 Å². The monoisotopic (exact) mass is 255 g/mol. The second-order valence-corrected chi connectivity index (χ2v) is 5.48. The Labute approximate surface area is 106 Å². The fraction of sp³-hybridized carbons (Fsp3) is 0.538. The lowest BCUT2D eigenvalue weighted by atomic mass is 10.2. The fourth-order valence-corrected chi connectivity index (χ4v) is 2.42. The molecule has 0 unspecified atom stereocenters. The second-order valence-electron chi connectivity index (χ2n) is 4.35. The van der Waals surface area contributed by atoms with E-state index in [9.17, 15) is 4.39 Å². The SMILES string of the molecule is OCCCSc1ccc(CNC2CC2)cc1F. The van der Waals surface area contributed by atoms with E-state index in [1.807, 2.05) is 12.1 Å². The van der Waals surface area contributed by atoms with Crippen molar-refractivity contribution in [1.29, 1.82) is 0 Å². The molecule has 0 radical (unpaired) electrons. The van der Waals surface area contributed by atoms with E-state index >= 15 is 0 Å².